The van der Waals surface area contributed by atoms with Crippen LogP contribution in [0.3, 0.4) is 0 Å². The SMILES string of the molecule is COc1cccn2cc(-c3ccc(Cl)cc3Cl)nc12. The fourth-order valence-electron chi connectivity index (χ4n) is 1.97. The molecule has 3 aromatic rings. The van der Waals surface area contributed by atoms with Crippen molar-refractivity contribution < 1.29 is 4.74 Å². The number of benzene rings is 1. The smallest absolute Gasteiger partial charge is 0.180 e. The van der Waals surface area contributed by atoms with Crippen LogP contribution >= 0.6 is 23.2 Å². The van der Waals surface area contributed by atoms with Crippen molar-refractivity contribution in [3.8, 4) is 17.0 Å². The van der Waals surface area contributed by atoms with E-state index in [1.165, 1.54) is 0 Å². The van der Waals surface area contributed by atoms with Gasteiger partial charge in [0.05, 0.1) is 17.8 Å². The van der Waals surface area contributed by atoms with Crippen LogP contribution in [0, 0.1) is 0 Å². The van der Waals surface area contributed by atoms with Crippen LogP contribution in [0.4, 0.5) is 0 Å². The van der Waals surface area contributed by atoms with Gasteiger partial charge in [-0.15, -0.1) is 0 Å². The Kier molecular flexibility index (Phi) is 3.09. The normalized spacial score (nSPS) is 10.9. The molecule has 3 rings (SSSR count). The number of fused-ring (bicyclic) bond motifs is 1. The average molecular weight is 293 g/mol. The summed E-state index contributed by atoms with van der Waals surface area (Å²) < 4.78 is 7.19. The van der Waals surface area contributed by atoms with Gasteiger partial charge in [0.1, 0.15) is 0 Å². The highest BCUT2D eigenvalue weighted by atomic mass is 35.5. The first-order valence-electron chi connectivity index (χ1n) is 5.66. The fraction of sp³-hybridized carbons (Fsp3) is 0.0714. The zero-order valence-corrected chi connectivity index (χ0v) is 11.6. The van der Waals surface area contributed by atoms with Crippen LogP contribution < -0.4 is 4.74 Å². The van der Waals surface area contributed by atoms with Gasteiger partial charge in [0, 0.05) is 23.0 Å². The molecule has 19 heavy (non-hydrogen) atoms. The second-order valence-corrected chi connectivity index (χ2v) is 4.90. The van der Waals surface area contributed by atoms with E-state index in [9.17, 15) is 0 Å². The number of ether oxygens (including phenoxy) is 1. The number of pyridine rings is 1. The predicted octanol–water partition coefficient (Wildman–Crippen LogP) is 4.32. The molecule has 0 radical (unpaired) electrons. The lowest BCUT2D eigenvalue weighted by Crippen LogP contribution is -1.88. The number of imidazole rings is 1. The average Bonchev–Trinajstić information content (AvgIpc) is 2.81. The lowest BCUT2D eigenvalue weighted by Gasteiger charge is -2.00. The Bertz CT molecular complexity index is 752. The standard InChI is InChI=1S/C14H10Cl2N2O/c1-19-13-3-2-6-18-8-12(17-14(13)18)10-5-4-9(15)7-11(10)16/h2-8H,1H3. The minimum atomic E-state index is 0.579. The Balaban J connectivity index is 2.20. The van der Waals surface area contributed by atoms with E-state index in [0.29, 0.717) is 10.0 Å². The molecular weight excluding hydrogens is 283 g/mol. The second-order valence-electron chi connectivity index (χ2n) is 4.06. The molecule has 1 aromatic carbocycles. The van der Waals surface area contributed by atoms with Crippen LogP contribution in [0.5, 0.6) is 5.75 Å². The van der Waals surface area contributed by atoms with Crippen LogP contribution in [0.2, 0.25) is 10.0 Å². The molecule has 0 bridgehead atoms. The highest BCUT2D eigenvalue weighted by Crippen LogP contribution is 2.31. The van der Waals surface area contributed by atoms with Crippen LogP contribution in [-0.4, -0.2) is 16.5 Å². The van der Waals surface area contributed by atoms with Crippen molar-refractivity contribution in [2.24, 2.45) is 0 Å². The van der Waals surface area contributed by atoms with E-state index in [1.54, 1.807) is 19.2 Å². The molecule has 0 fully saturated rings. The Labute approximate surface area is 120 Å². The summed E-state index contributed by atoms with van der Waals surface area (Å²) in [5, 5.41) is 1.19. The molecule has 0 aliphatic rings. The Morgan fingerprint density at radius 1 is 1.21 bits per heavy atom. The molecule has 0 spiro atoms. The summed E-state index contributed by atoms with van der Waals surface area (Å²) >= 11 is 12.1. The molecule has 0 aliphatic heterocycles. The van der Waals surface area contributed by atoms with Crippen molar-refractivity contribution in [1.82, 2.24) is 9.38 Å². The van der Waals surface area contributed by atoms with E-state index < -0.39 is 0 Å². The molecule has 0 N–H and O–H groups in total. The molecule has 0 atom stereocenters. The van der Waals surface area contributed by atoms with E-state index in [0.717, 1.165) is 22.7 Å². The van der Waals surface area contributed by atoms with Crippen LogP contribution in [0.15, 0.2) is 42.7 Å². The second kappa shape index (κ2) is 4.76. The van der Waals surface area contributed by atoms with Gasteiger partial charge in [0.15, 0.2) is 11.4 Å². The third-order valence-electron chi connectivity index (χ3n) is 2.87. The third kappa shape index (κ3) is 2.15. The molecular formula is C14H10Cl2N2O. The number of methoxy groups -OCH3 is 1. The van der Waals surface area contributed by atoms with Crippen molar-refractivity contribution in [2.75, 3.05) is 7.11 Å². The van der Waals surface area contributed by atoms with Gasteiger partial charge in [0.2, 0.25) is 0 Å². The quantitative estimate of drug-likeness (QED) is 0.703. The summed E-state index contributed by atoms with van der Waals surface area (Å²) in [6.45, 7) is 0. The lowest BCUT2D eigenvalue weighted by molar-refractivity contribution is 0.417. The molecule has 2 heterocycles. The Morgan fingerprint density at radius 3 is 2.79 bits per heavy atom. The third-order valence-corrected chi connectivity index (χ3v) is 3.42. The van der Waals surface area contributed by atoms with E-state index >= 15 is 0 Å². The molecule has 5 heteroatoms. The van der Waals surface area contributed by atoms with E-state index in [4.69, 9.17) is 27.9 Å². The number of halogens is 2. The topological polar surface area (TPSA) is 26.5 Å². The monoisotopic (exact) mass is 292 g/mol. The fourth-order valence-corrected chi connectivity index (χ4v) is 2.48. The largest absolute Gasteiger partial charge is 0.493 e. The molecule has 0 saturated heterocycles. The van der Waals surface area contributed by atoms with Gasteiger partial charge in [-0.3, -0.25) is 0 Å². The first kappa shape index (κ1) is 12.3. The molecule has 0 unspecified atom stereocenters. The Hall–Kier alpha value is -1.71. The van der Waals surface area contributed by atoms with Gasteiger partial charge in [-0.1, -0.05) is 23.2 Å². The molecule has 0 saturated carbocycles. The van der Waals surface area contributed by atoms with Gasteiger partial charge in [-0.2, -0.15) is 0 Å². The minimum absolute atomic E-state index is 0.579. The maximum atomic E-state index is 6.20. The number of nitrogens with zero attached hydrogens (tertiary/aromatic N) is 2. The maximum absolute atomic E-state index is 6.20. The van der Waals surface area contributed by atoms with Gasteiger partial charge in [0.25, 0.3) is 0 Å². The number of aromatic nitrogens is 2. The first-order chi connectivity index (χ1) is 9.19. The maximum Gasteiger partial charge on any atom is 0.180 e. The van der Waals surface area contributed by atoms with Crippen molar-refractivity contribution in [3.63, 3.8) is 0 Å². The zero-order chi connectivity index (χ0) is 13.4. The molecule has 0 aliphatic carbocycles. The Morgan fingerprint density at radius 2 is 2.05 bits per heavy atom. The number of hydrogen-bond acceptors (Lipinski definition) is 2. The summed E-state index contributed by atoms with van der Waals surface area (Å²) in [5.74, 6) is 0.721. The summed E-state index contributed by atoms with van der Waals surface area (Å²) in [6.07, 6.45) is 3.82. The summed E-state index contributed by atoms with van der Waals surface area (Å²) in [6, 6.07) is 9.14. The zero-order valence-electron chi connectivity index (χ0n) is 10.1. The van der Waals surface area contributed by atoms with Crippen molar-refractivity contribution in [1.29, 1.82) is 0 Å². The summed E-state index contributed by atoms with van der Waals surface area (Å²) in [7, 11) is 1.62. The van der Waals surface area contributed by atoms with Crippen LogP contribution in [0.25, 0.3) is 16.9 Å². The van der Waals surface area contributed by atoms with Crippen LogP contribution in [-0.2, 0) is 0 Å². The predicted molar refractivity (Wildman–Crippen MR) is 77.2 cm³/mol. The number of rotatable bonds is 2. The molecule has 2 aromatic heterocycles. The van der Waals surface area contributed by atoms with E-state index in [-0.39, 0.29) is 0 Å². The summed E-state index contributed by atoms with van der Waals surface area (Å²) in [4.78, 5) is 4.55. The van der Waals surface area contributed by atoms with Gasteiger partial charge < -0.3 is 9.14 Å². The molecule has 96 valence electrons. The van der Waals surface area contributed by atoms with E-state index in [1.807, 2.05) is 35.0 Å². The number of hydrogen-bond donors (Lipinski definition) is 0. The van der Waals surface area contributed by atoms with Crippen molar-refractivity contribution in [3.05, 3.63) is 52.8 Å². The summed E-state index contributed by atoms with van der Waals surface area (Å²) in [5.41, 5.74) is 2.38. The molecule has 3 nitrogen and oxygen atoms in total. The van der Waals surface area contributed by atoms with Crippen molar-refractivity contribution in [2.45, 2.75) is 0 Å². The lowest BCUT2D eigenvalue weighted by atomic mass is 10.2. The van der Waals surface area contributed by atoms with Gasteiger partial charge in [-0.05, 0) is 30.3 Å². The molecule has 0 amide bonds. The van der Waals surface area contributed by atoms with Crippen molar-refractivity contribution >= 4 is 28.8 Å². The van der Waals surface area contributed by atoms with Gasteiger partial charge >= 0.3 is 0 Å². The van der Waals surface area contributed by atoms with Gasteiger partial charge in [-0.25, -0.2) is 4.98 Å². The first-order valence-corrected chi connectivity index (χ1v) is 6.42. The van der Waals surface area contributed by atoms with Crippen LogP contribution in [0.1, 0.15) is 0 Å². The highest BCUT2D eigenvalue weighted by molar-refractivity contribution is 6.36. The minimum Gasteiger partial charge on any atom is -0.493 e. The highest BCUT2D eigenvalue weighted by Gasteiger charge is 2.11. The van der Waals surface area contributed by atoms with E-state index in [2.05, 4.69) is 4.98 Å².